The van der Waals surface area contributed by atoms with Crippen molar-refractivity contribution in [3.05, 3.63) is 59.4 Å². The fourth-order valence-electron chi connectivity index (χ4n) is 2.22. The summed E-state index contributed by atoms with van der Waals surface area (Å²) in [6.07, 6.45) is -4.40. The first-order valence-electron chi connectivity index (χ1n) is 6.78. The van der Waals surface area contributed by atoms with Crippen LogP contribution in [0.2, 0.25) is 0 Å². The Morgan fingerprint density at radius 1 is 1.13 bits per heavy atom. The maximum Gasteiger partial charge on any atom is 0.416 e. The standard InChI is InChI=1S/C16H12F3N3O/c1-9-20-13-7-2-10(8-14(13)21-9)15(23)22-12-5-3-11(4-6-12)16(17,18)19/h2-8H,1H3,(H,20,21)(H,22,23). The minimum absolute atomic E-state index is 0.295. The Morgan fingerprint density at radius 3 is 2.48 bits per heavy atom. The maximum absolute atomic E-state index is 12.5. The van der Waals surface area contributed by atoms with E-state index < -0.39 is 17.6 Å². The lowest BCUT2D eigenvalue weighted by atomic mass is 10.1. The topological polar surface area (TPSA) is 57.8 Å². The van der Waals surface area contributed by atoms with Gasteiger partial charge in [0.1, 0.15) is 5.82 Å². The number of benzene rings is 2. The summed E-state index contributed by atoms with van der Waals surface area (Å²) in [5.74, 6) is 0.333. The van der Waals surface area contributed by atoms with Crippen molar-refractivity contribution >= 4 is 22.6 Å². The third-order valence-electron chi connectivity index (χ3n) is 3.33. The van der Waals surface area contributed by atoms with Gasteiger partial charge in [-0.3, -0.25) is 4.79 Å². The lowest BCUT2D eigenvalue weighted by Crippen LogP contribution is -2.12. The van der Waals surface area contributed by atoms with Crippen LogP contribution in [0.1, 0.15) is 21.7 Å². The van der Waals surface area contributed by atoms with Gasteiger partial charge in [-0.25, -0.2) is 4.98 Å². The third-order valence-corrected chi connectivity index (χ3v) is 3.33. The summed E-state index contributed by atoms with van der Waals surface area (Å²) in [5, 5.41) is 2.57. The van der Waals surface area contributed by atoms with Crippen molar-refractivity contribution in [2.24, 2.45) is 0 Å². The number of aromatic nitrogens is 2. The predicted molar refractivity (Wildman–Crippen MR) is 80.2 cm³/mol. The van der Waals surface area contributed by atoms with E-state index in [1.807, 2.05) is 6.92 Å². The molecule has 0 radical (unpaired) electrons. The molecule has 7 heteroatoms. The number of hydrogen-bond acceptors (Lipinski definition) is 2. The second kappa shape index (κ2) is 5.42. The molecule has 1 amide bonds. The van der Waals surface area contributed by atoms with Crippen LogP contribution >= 0.6 is 0 Å². The summed E-state index contributed by atoms with van der Waals surface area (Å²) in [5.41, 5.74) is 1.39. The molecule has 1 aromatic heterocycles. The van der Waals surface area contributed by atoms with E-state index in [1.165, 1.54) is 12.1 Å². The van der Waals surface area contributed by atoms with Crippen LogP contribution in [0.3, 0.4) is 0 Å². The zero-order chi connectivity index (χ0) is 16.6. The van der Waals surface area contributed by atoms with Gasteiger partial charge in [0.05, 0.1) is 16.6 Å². The van der Waals surface area contributed by atoms with Gasteiger partial charge in [0, 0.05) is 11.3 Å². The van der Waals surface area contributed by atoms with Gasteiger partial charge < -0.3 is 10.3 Å². The molecule has 118 valence electrons. The molecule has 3 rings (SSSR count). The number of nitrogens with one attached hydrogen (secondary N) is 2. The van der Waals surface area contributed by atoms with Crippen LogP contribution in [-0.4, -0.2) is 15.9 Å². The largest absolute Gasteiger partial charge is 0.416 e. The van der Waals surface area contributed by atoms with Crippen LogP contribution in [0, 0.1) is 6.92 Å². The van der Waals surface area contributed by atoms with Gasteiger partial charge in [-0.1, -0.05) is 0 Å². The van der Waals surface area contributed by atoms with Gasteiger partial charge in [0.25, 0.3) is 5.91 Å². The van der Waals surface area contributed by atoms with Crippen molar-refractivity contribution < 1.29 is 18.0 Å². The number of carbonyl (C=O) groups is 1. The van der Waals surface area contributed by atoms with Crippen molar-refractivity contribution in [3.63, 3.8) is 0 Å². The Kier molecular flexibility index (Phi) is 3.55. The molecule has 2 aromatic carbocycles. The van der Waals surface area contributed by atoms with Crippen molar-refractivity contribution in [2.75, 3.05) is 5.32 Å². The molecule has 0 aliphatic heterocycles. The fourth-order valence-corrected chi connectivity index (χ4v) is 2.22. The minimum Gasteiger partial charge on any atom is -0.342 e. The number of halogens is 3. The number of imidazole rings is 1. The van der Waals surface area contributed by atoms with Gasteiger partial charge in [-0.15, -0.1) is 0 Å². The third kappa shape index (κ3) is 3.18. The molecular weight excluding hydrogens is 307 g/mol. The minimum atomic E-state index is -4.40. The second-order valence-electron chi connectivity index (χ2n) is 5.08. The molecule has 2 N–H and O–H groups in total. The number of aromatic amines is 1. The number of anilines is 1. The summed E-state index contributed by atoms with van der Waals surface area (Å²) in [7, 11) is 0. The number of fused-ring (bicyclic) bond motifs is 1. The van der Waals surface area contributed by atoms with E-state index in [1.54, 1.807) is 18.2 Å². The van der Waals surface area contributed by atoms with Crippen LogP contribution in [0.5, 0.6) is 0 Å². The second-order valence-corrected chi connectivity index (χ2v) is 5.08. The molecule has 0 spiro atoms. The molecule has 4 nitrogen and oxygen atoms in total. The summed E-state index contributed by atoms with van der Waals surface area (Å²) < 4.78 is 37.5. The van der Waals surface area contributed by atoms with Crippen LogP contribution < -0.4 is 5.32 Å². The monoisotopic (exact) mass is 319 g/mol. The average molecular weight is 319 g/mol. The molecule has 23 heavy (non-hydrogen) atoms. The highest BCUT2D eigenvalue weighted by Crippen LogP contribution is 2.29. The van der Waals surface area contributed by atoms with Crippen LogP contribution in [0.25, 0.3) is 11.0 Å². The Morgan fingerprint density at radius 2 is 1.83 bits per heavy atom. The van der Waals surface area contributed by atoms with Crippen molar-refractivity contribution in [2.45, 2.75) is 13.1 Å². The van der Waals surface area contributed by atoms with Gasteiger partial charge in [-0.05, 0) is 49.4 Å². The molecule has 0 bridgehead atoms. The molecule has 0 aliphatic carbocycles. The molecule has 0 saturated heterocycles. The van der Waals surface area contributed by atoms with Crippen LogP contribution in [0.15, 0.2) is 42.5 Å². The summed E-state index contributed by atoms with van der Waals surface area (Å²) in [6.45, 7) is 1.81. The lowest BCUT2D eigenvalue weighted by Gasteiger charge is -2.09. The van der Waals surface area contributed by atoms with Gasteiger partial charge >= 0.3 is 6.18 Å². The highest BCUT2D eigenvalue weighted by molar-refractivity contribution is 6.05. The molecule has 0 saturated carbocycles. The summed E-state index contributed by atoms with van der Waals surface area (Å²) in [4.78, 5) is 19.4. The maximum atomic E-state index is 12.5. The lowest BCUT2D eigenvalue weighted by molar-refractivity contribution is -0.137. The van der Waals surface area contributed by atoms with E-state index in [9.17, 15) is 18.0 Å². The first-order valence-corrected chi connectivity index (χ1v) is 6.78. The first-order chi connectivity index (χ1) is 10.8. The number of alkyl halides is 3. The average Bonchev–Trinajstić information content (AvgIpc) is 2.85. The number of carbonyl (C=O) groups excluding carboxylic acids is 1. The van der Waals surface area contributed by atoms with E-state index in [-0.39, 0.29) is 0 Å². The molecule has 0 atom stereocenters. The zero-order valence-electron chi connectivity index (χ0n) is 12.0. The molecule has 0 aliphatic rings. The first kappa shape index (κ1) is 15.1. The highest BCUT2D eigenvalue weighted by atomic mass is 19.4. The van der Waals surface area contributed by atoms with Crippen molar-refractivity contribution in [1.82, 2.24) is 9.97 Å². The fraction of sp³-hybridized carbons (Fsp3) is 0.125. The highest BCUT2D eigenvalue weighted by Gasteiger charge is 2.29. The quantitative estimate of drug-likeness (QED) is 0.746. The smallest absolute Gasteiger partial charge is 0.342 e. The van der Waals surface area contributed by atoms with E-state index in [2.05, 4.69) is 15.3 Å². The van der Waals surface area contributed by atoms with Crippen molar-refractivity contribution in [1.29, 1.82) is 0 Å². The van der Waals surface area contributed by atoms with E-state index >= 15 is 0 Å². The number of rotatable bonds is 2. The van der Waals surface area contributed by atoms with E-state index in [4.69, 9.17) is 0 Å². The number of amides is 1. The number of aryl methyl sites for hydroxylation is 1. The predicted octanol–water partition coefficient (Wildman–Crippen LogP) is 4.14. The van der Waals surface area contributed by atoms with Crippen molar-refractivity contribution in [3.8, 4) is 0 Å². The molecule has 0 unspecified atom stereocenters. The van der Waals surface area contributed by atoms with Gasteiger partial charge in [-0.2, -0.15) is 13.2 Å². The Bertz CT molecular complexity index is 866. The normalized spacial score (nSPS) is 11.7. The van der Waals surface area contributed by atoms with Gasteiger partial charge in [0.15, 0.2) is 0 Å². The number of hydrogen-bond donors (Lipinski definition) is 2. The van der Waals surface area contributed by atoms with E-state index in [0.29, 0.717) is 11.3 Å². The summed E-state index contributed by atoms with van der Waals surface area (Å²) >= 11 is 0. The SMILES string of the molecule is Cc1nc2ccc(C(=O)Nc3ccc(C(F)(F)F)cc3)cc2[nH]1. The van der Waals surface area contributed by atoms with Crippen LogP contribution in [-0.2, 0) is 6.18 Å². The number of nitrogens with zero attached hydrogens (tertiary/aromatic N) is 1. The molecule has 3 aromatic rings. The molecule has 0 fully saturated rings. The number of H-pyrrole nitrogens is 1. The van der Waals surface area contributed by atoms with E-state index in [0.717, 1.165) is 29.0 Å². The molecular formula is C16H12F3N3O. The Balaban J connectivity index is 1.79. The zero-order valence-corrected chi connectivity index (χ0v) is 12.0. The Hall–Kier alpha value is -2.83. The summed E-state index contributed by atoms with van der Waals surface area (Å²) in [6, 6.07) is 9.27. The molecule has 1 heterocycles. The van der Waals surface area contributed by atoms with Gasteiger partial charge in [0.2, 0.25) is 0 Å². The van der Waals surface area contributed by atoms with Crippen LogP contribution in [0.4, 0.5) is 18.9 Å². The Labute approximate surface area is 129 Å².